The Balaban J connectivity index is 1.78. The number of hydrogen-bond donors (Lipinski definition) is 3. The van der Waals surface area contributed by atoms with Crippen molar-refractivity contribution >= 4 is 16.9 Å². The van der Waals surface area contributed by atoms with Gasteiger partial charge in [0.15, 0.2) is 0 Å². The molecular weight excluding hydrogens is 345 g/mol. The second kappa shape index (κ2) is 6.56. The predicted octanol–water partition coefficient (Wildman–Crippen LogP) is 3.20. The summed E-state index contributed by atoms with van der Waals surface area (Å²) in [6.45, 7) is 1.67. The van der Waals surface area contributed by atoms with Crippen molar-refractivity contribution in [2.75, 3.05) is 18.4 Å². The van der Waals surface area contributed by atoms with E-state index in [1.54, 1.807) is 24.3 Å². The number of rotatable bonds is 3. The van der Waals surface area contributed by atoms with E-state index >= 15 is 0 Å². The molecule has 6 nitrogen and oxygen atoms in total. The second-order valence-electron chi connectivity index (χ2n) is 6.26. The standard InChI is InChI=1S/C17H17F3N6/c18-17(19,20)12-9-22-16(23-10-4-3-7-21-8-10)24-15(12)14-11-5-1-2-6-13(11)25-26-14/h1-2,5-6,9-10,21H,3-4,7-8H2,(H,25,26)(H,22,23,24)/t10-/m0/s1. The van der Waals surface area contributed by atoms with Gasteiger partial charge in [-0.25, -0.2) is 9.97 Å². The minimum atomic E-state index is -4.57. The zero-order chi connectivity index (χ0) is 18.1. The predicted molar refractivity (Wildman–Crippen MR) is 91.6 cm³/mol. The van der Waals surface area contributed by atoms with Crippen molar-refractivity contribution in [3.63, 3.8) is 0 Å². The van der Waals surface area contributed by atoms with Gasteiger partial charge in [-0.2, -0.15) is 18.3 Å². The fourth-order valence-electron chi connectivity index (χ4n) is 3.14. The normalized spacial score (nSPS) is 18.2. The number of H-pyrrole nitrogens is 1. The molecule has 136 valence electrons. The summed E-state index contributed by atoms with van der Waals surface area (Å²) in [6.07, 6.45) is -1.84. The molecule has 1 aliphatic heterocycles. The molecule has 0 amide bonds. The Morgan fingerprint density at radius 3 is 2.77 bits per heavy atom. The second-order valence-corrected chi connectivity index (χ2v) is 6.26. The van der Waals surface area contributed by atoms with Crippen LogP contribution in [0.2, 0.25) is 0 Å². The van der Waals surface area contributed by atoms with Crippen LogP contribution in [0.1, 0.15) is 18.4 Å². The molecule has 0 aliphatic carbocycles. The van der Waals surface area contributed by atoms with E-state index < -0.39 is 11.7 Å². The van der Waals surface area contributed by atoms with Crippen LogP contribution < -0.4 is 10.6 Å². The molecule has 3 N–H and O–H groups in total. The summed E-state index contributed by atoms with van der Waals surface area (Å²) in [4.78, 5) is 8.06. The first-order valence-corrected chi connectivity index (χ1v) is 8.37. The van der Waals surface area contributed by atoms with Gasteiger partial charge in [0.2, 0.25) is 5.95 Å². The van der Waals surface area contributed by atoms with Crippen LogP contribution in [0.5, 0.6) is 0 Å². The van der Waals surface area contributed by atoms with Crippen molar-refractivity contribution in [1.82, 2.24) is 25.5 Å². The third kappa shape index (κ3) is 3.22. The van der Waals surface area contributed by atoms with Crippen LogP contribution in [0.25, 0.3) is 22.3 Å². The Kier molecular flexibility index (Phi) is 4.23. The molecule has 0 spiro atoms. The van der Waals surface area contributed by atoms with Crippen molar-refractivity contribution < 1.29 is 13.2 Å². The number of para-hydroxylation sites is 1. The molecule has 9 heteroatoms. The fraction of sp³-hybridized carbons (Fsp3) is 0.353. The van der Waals surface area contributed by atoms with Gasteiger partial charge in [-0.15, -0.1) is 0 Å². The molecule has 0 saturated carbocycles. The summed E-state index contributed by atoms with van der Waals surface area (Å²) in [7, 11) is 0. The lowest BCUT2D eigenvalue weighted by molar-refractivity contribution is -0.137. The lowest BCUT2D eigenvalue weighted by atomic mass is 10.1. The maximum Gasteiger partial charge on any atom is 0.420 e. The minimum Gasteiger partial charge on any atom is -0.350 e. The van der Waals surface area contributed by atoms with Crippen molar-refractivity contribution in [2.45, 2.75) is 25.1 Å². The quantitative estimate of drug-likeness (QED) is 0.667. The molecule has 0 unspecified atom stereocenters. The first kappa shape index (κ1) is 16.8. The summed E-state index contributed by atoms with van der Waals surface area (Å²) in [5, 5.41) is 13.8. The zero-order valence-corrected chi connectivity index (χ0v) is 13.8. The molecule has 0 radical (unpaired) electrons. The van der Waals surface area contributed by atoms with Crippen LogP contribution in [0.4, 0.5) is 19.1 Å². The summed E-state index contributed by atoms with van der Waals surface area (Å²) in [5.41, 5.74) is -0.307. The van der Waals surface area contributed by atoms with Crippen molar-refractivity contribution in [3.05, 3.63) is 36.0 Å². The molecule has 0 bridgehead atoms. The third-order valence-electron chi connectivity index (χ3n) is 4.42. The smallest absolute Gasteiger partial charge is 0.350 e. The first-order chi connectivity index (χ1) is 12.5. The fourth-order valence-corrected chi connectivity index (χ4v) is 3.14. The number of alkyl halides is 3. The van der Waals surface area contributed by atoms with E-state index in [1.165, 1.54) is 0 Å². The van der Waals surface area contributed by atoms with Gasteiger partial charge in [0.1, 0.15) is 17.0 Å². The Morgan fingerprint density at radius 2 is 2.00 bits per heavy atom. The highest BCUT2D eigenvalue weighted by Crippen LogP contribution is 2.37. The first-order valence-electron chi connectivity index (χ1n) is 8.37. The van der Waals surface area contributed by atoms with Crippen molar-refractivity contribution in [1.29, 1.82) is 0 Å². The van der Waals surface area contributed by atoms with Crippen LogP contribution in [0.3, 0.4) is 0 Å². The highest BCUT2D eigenvalue weighted by Gasteiger charge is 2.36. The number of nitrogens with one attached hydrogen (secondary N) is 3. The van der Waals surface area contributed by atoms with Gasteiger partial charge < -0.3 is 10.6 Å². The van der Waals surface area contributed by atoms with Gasteiger partial charge in [0.05, 0.1) is 5.52 Å². The number of nitrogens with zero attached hydrogens (tertiary/aromatic N) is 3. The molecular formula is C17H17F3N6. The average molecular weight is 362 g/mol. The Morgan fingerprint density at radius 1 is 1.15 bits per heavy atom. The maximum absolute atomic E-state index is 13.5. The summed E-state index contributed by atoms with van der Waals surface area (Å²) < 4.78 is 40.4. The molecule has 1 atom stereocenters. The Bertz CT molecular complexity index is 914. The van der Waals surface area contributed by atoms with Gasteiger partial charge in [0, 0.05) is 24.2 Å². The Hall–Kier alpha value is -2.68. The van der Waals surface area contributed by atoms with E-state index in [2.05, 4.69) is 30.8 Å². The number of benzene rings is 1. The molecule has 1 aliphatic rings. The zero-order valence-electron chi connectivity index (χ0n) is 13.8. The average Bonchev–Trinajstić information content (AvgIpc) is 3.05. The molecule has 26 heavy (non-hydrogen) atoms. The number of aromatic amines is 1. The highest BCUT2D eigenvalue weighted by atomic mass is 19.4. The van der Waals surface area contributed by atoms with Gasteiger partial charge in [-0.05, 0) is 25.5 Å². The SMILES string of the molecule is FC(F)(F)c1cnc(N[C@H]2CCCNC2)nc1-c1n[nH]c2ccccc12. The summed E-state index contributed by atoms with van der Waals surface area (Å²) in [5.74, 6) is 0.175. The van der Waals surface area contributed by atoms with Gasteiger partial charge in [0.25, 0.3) is 0 Å². The molecule has 1 aromatic carbocycles. The van der Waals surface area contributed by atoms with Crippen molar-refractivity contribution in [2.24, 2.45) is 0 Å². The number of halogens is 3. The van der Waals surface area contributed by atoms with Crippen LogP contribution in [-0.4, -0.2) is 39.3 Å². The van der Waals surface area contributed by atoms with E-state index in [-0.39, 0.29) is 23.4 Å². The molecule has 1 fully saturated rings. The van der Waals surface area contributed by atoms with Gasteiger partial charge in [-0.3, -0.25) is 5.10 Å². The van der Waals surface area contributed by atoms with E-state index in [9.17, 15) is 13.2 Å². The number of aromatic nitrogens is 4. The van der Waals surface area contributed by atoms with Crippen molar-refractivity contribution in [3.8, 4) is 11.4 Å². The molecule has 4 rings (SSSR count). The van der Waals surface area contributed by atoms with E-state index in [4.69, 9.17) is 0 Å². The summed E-state index contributed by atoms with van der Waals surface area (Å²) in [6, 6.07) is 7.10. The van der Waals surface area contributed by atoms with Crippen LogP contribution >= 0.6 is 0 Å². The van der Waals surface area contributed by atoms with Crippen LogP contribution in [0.15, 0.2) is 30.5 Å². The lowest BCUT2D eigenvalue weighted by Gasteiger charge is -2.24. The monoisotopic (exact) mass is 362 g/mol. The Labute approximate surface area is 147 Å². The van der Waals surface area contributed by atoms with Crippen LogP contribution in [-0.2, 0) is 6.18 Å². The molecule has 3 aromatic rings. The highest BCUT2D eigenvalue weighted by molar-refractivity contribution is 5.92. The molecule has 1 saturated heterocycles. The minimum absolute atomic E-state index is 0.0873. The largest absolute Gasteiger partial charge is 0.420 e. The van der Waals surface area contributed by atoms with Crippen LogP contribution in [0, 0.1) is 0 Å². The number of piperidine rings is 1. The van der Waals surface area contributed by atoms with Gasteiger partial charge in [-0.1, -0.05) is 18.2 Å². The number of fused-ring (bicyclic) bond motifs is 1. The molecule has 2 aromatic heterocycles. The van der Waals surface area contributed by atoms with E-state index in [0.29, 0.717) is 10.9 Å². The lowest BCUT2D eigenvalue weighted by Crippen LogP contribution is -2.38. The third-order valence-corrected chi connectivity index (χ3v) is 4.42. The molecule has 3 heterocycles. The number of hydrogen-bond acceptors (Lipinski definition) is 5. The van der Waals surface area contributed by atoms with Gasteiger partial charge >= 0.3 is 6.18 Å². The summed E-state index contributed by atoms with van der Waals surface area (Å²) >= 11 is 0. The topological polar surface area (TPSA) is 78.5 Å². The van der Waals surface area contributed by atoms with E-state index in [1.807, 2.05) is 0 Å². The maximum atomic E-state index is 13.5. The van der Waals surface area contributed by atoms with E-state index in [0.717, 1.165) is 32.1 Å². The number of anilines is 1.